The number of hydrogen-bond donors (Lipinski definition) is 2. The smallest absolute Gasteiger partial charge is 0.178 e. The van der Waals surface area contributed by atoms with Crippen LogP contribution in [0.1, 0.15) is 20.3 Å². The van der Waals surface area contributed by atoms with Gasteiger partial charge in [0.15, 0.2) is 5.78 Å². The second kappa shape index (κ2) is 3.35. The summed E-state index contributed by atoms with van der Waals surface area (Å²) in [6, 6.07) is 0. The summed E-state index contributed by atoms with van der Waals surface area (Å²) in [6.45, 7) is 3.08. The summed E-state index contributed by atoms with van der Waals surface area (Å²) >= 11 is 0. The van der Waals surface area contributed by atoms with Crippen LogP contribution in [-0.2, 0) is 4.79 Å². The molecule has 0 aromatic heterocycles. The van der Waals surface area contributed by atoms with Crippen LogP contribution < -0.4 is 0 Å². The molecule has 2 N–H and O–H groups in total. The van der Waals surface area contributed by atoms with E-state index in [1.54, 1.807) is 6.92 Å². The normalized spacial score (nSPS) is 12.8. The Hall–Kier alpha value is -0.700. The van der Waals surface area contributed by atoms with Gasteiger partial charge in [0, 0.05) is 6.42 Å². The van der Waals surface area contributed by atoms with Crippen LogP contribution in [0.25, 0.3) is 0 Å². The third-order valence-electron chi connectivity index (χ3n) is 1.04. The Labute approximate surface area is 54.2 Å². The third kappa shape index (κ3) is 2.37. The van der Waals surface area contributed by atoms with Crippen LogP contribution in [0.5, 0.6) is 0 Å². The molecule has 3 heteroatoms. The standard InChI is InChI=1S/C6H11NO2/c1-3-5(9)6(7)4(2)8/h4,7-8H,3H2,1-2H3. The molecule has 0 aliphatic heterocycles. The Morgan fingerprint density at radius 1 is 1.78 bits per heavy atom. The van der Waals surface area contributed by atoms with Gasteiger partial charge in [0.05, 0.1) is 6.10 Å². The Morgan fingerprint density at radius 3 is 2.33 bits per heavy atom. The van der Waals surface area contributed by atoms with E-state index < -0.39 is 6.10 Å². The first-order valence-electron chi connectivity index (χ1n) is 2.89. The minimum atomic E-state index is -0.919. The van der Waals surface area contributed by atoms with E-state index in [0.717, 1.165) is 0 Å². The summed E-state index contributed by atoms with van der Waals surface area (Å²) in [4.78, 5) is 10.6. The van der Waals surface area contributed by atoms with Crippen molar-refractivity contribution in [2.75, 3.05) is 0 Å². The van der Waals surface area contributed by atoms with Crippen molar-refractivity contribution in [3.05, 3.63) is 0 Å². The summed E-state index contributed by atoms with van der Waals surface area (Å²) in [5, 5.41) is 15.6. The number of carbonyl (C=O) groups excluding carboxylic acids is 1. The minimum Gasteiger partial charge on any atom is -0.387 e. The second-order valence-corrected chi connectivity index (χ2v) is 1.87. The molecule has 0 aromatic rings. The molecular weight excluding hydrogens is 118 g/mol. The molecule has 0 saturated carbocycles. The van der Waals surface area contributed by atoms with Crippen molar-refractivity contribution < 1.29 is 9.90 Å². The molecule has 0 aliphatic rings. The van der Waals surface area contributed by atoms with E-state index in [0.29, 0.717) is 6.42 Å². The van der Waals surface area contributed by atoms with Gasteiger partial charge in [-0.15, -0.1) is 0 Å². The molecule has 0 rings (SSSR count). The first kappa shape index (κ1) is 8.30. The van der Waals surface area contributed by atoms with Gasteiger partial charge in [-0.3, -0.25) is 10.2 Å². The maximum Gasteiger partial charge on any atom is 0.178 e. The number of aliphatic hydroxyl groups excluding tert-OH is 1. The van der Waals surface area contributed by atoms with Crippen LogP contribution in [-0.4, -0.2) is 22.7 Å². The van der Waals surface area contributed by atoms with Gasteiger partial charge in [0.1, 0.15) is 5.71 Å². The quantitative estimate of drug-likeness (QED) is 0.541. The molecule has 1 atom stereocenters. The van der Waals surface area contributed by atoms with Gasteiger partial charge in [-0.2, -0.15) is 0 Å². The molecular formula is C6H11NO2. The summed E-state index contributed by atoms with van der Waals surface area (Å²) in [5.41, 5.74) is -0.197. The predicted molar refractivity (Wildman–Crippen MR) is 34.7 cm³/mol. The lowest BCUT2D eigenvalue weighted by Crippen LogP contribution is -2.23. The van der Waals surface area contributed by atoms with E-state index >= 15 is 0 Å². The molecule has 0 fully saturated rings. The van der Waals surface area contributed by atoms with Crippen molar-refractivity contribution >= 4 is 11.5 Å². The molecule has 0 aliphatic carbocycles. The summed E-state index contributed by atoms with van der Waals surface area (Å²) in [7, 11) is 0. The summed E-state index contributed by atoms with van der Waals surface area (Å²) < 4.78 is 0. The Balaban J connectivity index is 3.89. The first-order valence-corrected chi connectivity index (χ1v) is 2.89. The van der Waals surface area contributed by atoms with E-state index in [1.165, 1.54) is 6.92 Å². The fraction of sp³-hybridized carbons (Fsp3) is 0.667. The third-order valence-corrected chi connectivity index (χ3v) is 1.04. The summed E-state index contributed by atoms with van der Waals surface area (Å²) in [6.07, 6.45) is -0.624. The molecule has 9 heavy (non-hydrogen) atoms. The van der Waals surface area contributed by atoms with Gasteiger partial charge < -0.3 is 5.11 Å². The molecule has 0 amide bonds. The van der Waals surface area contributed by atoms with Crippen molar-refractivity contribution in [1.82, 2.24) is 0 Å². The molecule has 52 valence electrons. The highest BCUT2D eigenvalue weighted by Gasteiger charge is 2.11. The van der Waals surface area contributed by atoms with Crippen LogP contribution in [0, 0.1) is 5.41 Å². The van der Waals surface area contributed by atoms with E-state index in [4.69, 9.17) is 10.5 Å². The van der Waals surface area contributed by atoms with Gasteiger partial charge >= 0.3 is 0 Å². The topological polar surface area (TPSA) is 61.2 Å². The van der Waals surface area contributed by atoms with Crippen molar-refractivity contribution in [2.45, 2.75) is 26.4 Å². The van der Waals surface area contributed by atoms with E-state index in [9.17, 15) is 4.79 Å². The molecule has 3 nitrogen and oxygen atoms in total. The predicted octanol–water partition coefficient (Wildman–Crippen LogP) is 0.366. The summed E-state index contributed by atoms with van der Waals surface area (Å²) in [5.74, 6) is -0.287. The lowest BCUT2D eigenvalue weighted by atomic mass is 10.1. The molecule has 0 spiro atoms. The molecule has 0 aromatic carbocycles. The molecule has 0 radical (unpaired) electrons. The number of nitrogens with one attached hydrogen (secondary N) is 1. The lowest BCUT2D eigenvalue weighted by molar-refractivity contribution is -0.113. The SMILES string of the molecule is CCC(=O)C(=N)C(C)O. The zero-order valence-electron chi connectivity index (χ0n) is 5.64. The van der Waals surface area contributed by atoms with Crippen LogP contribution in [0.3, 0.4) is 0 Å². The highest BCUT2D eigenvalue weighted by molar-refractivity contribution is 6.39. The molecule has 1 unspecified atom stereocenters. The van der Waals surface area contributed by atoms with E-state index in [2.05, 4.69) is 0 Å². The number of aliphatic hydroxyl groups is 1. The van der Waals surface area contributed by atoms with E-state index in [1.807, 2.05) is 0 Å². The van der Waals surface area contributed by atoms with Crippen molar-refractivity contribution in [3.8, 4) is 0 Å². The molecule has 0 saturated heterocycles. The first-order chi connectivity index (χ1) is 4.09. The second-order valence-electron chi connectivity index (χ2n) is 1.87. The fourth-order valence-corrected chi connectivity index (χ4v) is 0.423. The minimum absolute atomic E-state index is 0.197. The lowest BCUT2D eigenvalue weighted by Gasteiger charge is -2.01. The number of Topliss-reactive ketones (excluding diaryl/α,β-unsaturated/α-hetero) is 1. The van der Waals surface area contributed by atoms with Gasteiger partial charge in [-0.25, -0.2) is 0 Å². The Bertz CT molecular complexity index is 129. The van der Waals surface area contributed by atoms with Gasteiger partial charge in [-0.1, -0.05) is 6.92 Å². The average Bonchev–Trinajstić information content (AvgIpc) is 1.84. The van der Waals surface area contributed by atoms with Crippen molar-refractivity contribution in [3.63, 3.8) is 0 Å². The van der Waals surface area contributed by atoms with Crippen LogP contribution >= 0.6 is 0 Å². The van der Waals surface area contributed by atoms with Crippen LogP contribution in [0.4, 0.5) is 0 Å². The average molecular weight is 129 g/mol. The fourth-order valence-electron chi connectivity index (χ4n) is 0.423. The number of rotatable bonds is 3. The van der Waals surface area contributed by atoms with Crippen LogP contribution in [0.15, 0.2) is 0 Å². The van der Waals surface area contributed by atoms with Crippen LogP contribution in [0.2, 0.25) is 0 Å². The number of hydrogen-bond acceptors (Lipinski definition) is 3. The van der Waals surface area contributed by atoms with Crippen molar-refractivity contribution in [1.29, 1.82) is 5.41 Å². The highest BCUT2D eigenvalue weighted by atomic mass is 16.3. The monoisotopic (exact) mass is 129 g/mol. The number of ketones is 1. The van der Waals surface area contributed by atoms with Gasteiger partial charge in [0.2, 0.25) is 0 Å². The largest absolute Gasteiger partial charge is 0.387 e. The Morgan fingerprint density at radius 2 is 2.22 bits per heavy atom. The Kier molecular flexibility index (Phi) is 3.09. The van der Waals surface area contributed by atoms with E-state index in [-0.39, 0.29) is 11.5 Å². The van der Waals surface area contributed by atoms with Gasteiger partial charge in [0.25, 0.3) is 0 Å². The number of carbonyl (C=O) groups is 1. The highest BCUT2D eigenvalue weighted by Crippen LogP contribution is 1.89. The van der Waals surface area contributed by atoms with Crippen molar-refractivity contribution in [2.24, 2.45) is 0 Å². The maximum atomic E-state index is 10.6. The molecule has 0 heterocycles. The zero-order chi connectivity index (χ0) is 7.44. The zero-order valence-corrected chi connectivity index (χ0v) is 5.64. The maximum absolute atomic E-state index is 10.6. The molecule has 0 bridgehead atoms. The van der Waals surface area contributed by atoms with Gasteiger partial charge in [-0.05, 0) is 6.92 Å².